The number of benzene rings is 1. The van der Waals surface area contributed by atoms with Crippen LogP contribution < -0.4 is 0 Å². The number of carbonyl (C=O) groups is 1. The number of carbonyl (C=O) groups excluding carboxylic acids is 1. The molecule has 0 fully saturated rings. The van der Waals surface area contributed by atoms with Crippen molar-refractivity contribution in [2.45, 2.75) is 6.42 Å². The first kappa shape index (κ1) is 8.77. The van der Waals surface area contributed by atoms with E-state index in [0.717, 1.165) is 6.07 Å². The molecule has 64 valence electrons. The van der Waals surface area contributed by atoms with Gasteiger partial charge < -0.3 is 4.79 Å². The van der Waals surface area contributed by atoms with Gasteiger partial charge in [-0.3, -0.25) is 0 Å². The van der Waals surface area contributed by atoms with E-state index in [4.69, 9.17) is 0 Å². The molecular formula is C8H5F3O. The maximum absolute atomic E-state index is 12.7. The van der Waals surface area contributed by atoms with E-state index < -0.39 is 17.5 Å². The molecule has 0 heterocycles. The molecule has 1 rings (SSSR count). The van der Waals surface area contributed by atoms with Gasteiger partial charge in [-0.1, -0.05) is 0 Å². The number of hydrogen-bond acceptors (Lipinski definition) is 1. The highest BCUT2D eigenvalue weighted by Gasteiger charge is 2.09. The Bertz CT molecular complexity index is 309. The van der Waals surface area contributed by atoms with Crippen molar-refractivity contribution in [3.05, 3.63) is 35.1 Å². The predicted octanol–water partition coefficient (Wildman–Crippen LogP) is 1.85. The highest BCUT2D eigenvalue weighted by molar-refractivity contribution is 5.55. The molecule has 0 aliphatic heterocycles. The molecule has 0 bridgehead atoms. The number of hydrogen-bond donors (Lipinski definition) is 0. The van der Waals surface area contributed by atoms with Gasteiger partial charge in [0.05, 0.1) is 0 Å². The molecule has 0 N–H and O–H groups in total. The van der Waals surface area contributed by atoms with Crippen molar-refractivity contribution in [2.24, 2.45) is 0 Å². The largest absolute Gasteiger partial charge is 0.303 e. The summed E-state index contributed by atoms with van der Waals surface area (Å²) >= 11 is 0. The summed E-state index contributed by atoms with van der Waals surface area (Å²) in [7, 11) is 0. The molecule has 0 aliphatic carbocycles. The first-order valence-corrected chi connectivity index (χ1v) is 3.22. The van der Waals surface area contributed by atoms with Gasteiger partial charge in [0.2, 0.25) is 0 Å². The van der Waals surface area contributed by atoms with E-state index >= 15 is 0 Å². The average Bonchev–Trinajstić information content (AvgIpc) is 2.00. The SMILES string of the molecule is O=CCc1cc(F)cc(F)c1F. The molecule has 12 heavy (non-hydrogen) atoms. The molecule has 0 unspecified atom stereocenters. The summed E-state index contributed by atoms with van der Waals surface area (Å²) in [5.41, 5.74) is -0.262. The molecule has 0 saturated heterocycles. The fourth-order valence-electron chi connectivity index (χ4n) is 0.848. The van der Waals surface area contributed by atoms with E-state index in [9.17, 15) is 18.0 Å². The Balaban J connectivity index is 3.17. The van der Waals surface area contributed by atoms with Crippen LogP contribution in [0.5, 0.6) is 0 Å². The van der Waals surface area contributed by atoms with Crippen molar-refractivity contribution in [1.82, 2.24) is 0 Å². The smallest absolute Gasteiger partial charge is 0.162 e. The Hall–Kier alpha value is -1.32. The highest BCUT2D eigenvalue weighted by atomic mass is 19.2. The van der Waals surface area contributed by atoms with Crippen LogP contribution in [0.4, 0.5) is 13.2 Å². The van der Waals surface area contributed by atoms with E-state index in [1.807, 2.05) is 0 Å². The minimum atomic E-state index is -1.27. The van der Waals surface area contributed by atoms with Crippen LogP contribution in [-0.2, 0) is 11.2 Å². The first-order chi connectivity index (χ1) is 5.65. The van der Waals surface area contributed by atoms with Crippen LogP contribution in [0.2, 0.25) is 0 Å². The average molecular weight is 174 g/mol. The summed E-state index contributed by atoms with van der Waals surface area (Å²) in [6.45, 7) is 0. The molecule has 0 aromatic heterocycles. The third kappa shape index (κ3) is 1.64. The summed E-state index contributed by atoms with van der Waals surface area (Å²) in [6, 6.07) is 1.23. The molecule has 1 aromatic carbocycles. The second-order valence-electron chi connectivity index (χ2n) is 2.23. The number of halogens is 3. The Morgan fingerprint density at radius 3 is 2.50 bits per heavy atom. The second kappa shape index (κ2) is 3.38. The van der Waals surface area contributed by atoms with Gasteiger partial charge in [0.25, 0.3) is 0 Å². The normalized spacial score (nSPS) is 9.92. The van der Waals surface area contributed by atoms with Crippen molar-refractivity contribution < 1.29 is 18.0 Å². The highest BCUT2D eigenvalue weighted by Crippen LogP contribution is 2.13. The Morgan fingerprint density at radius 1 is 1.25 bits per heavy atom. The molecule has 0 atom stereocenters. The van der Waals surface area contributed by atoms with Crippen LogP contribution in [0.1, 0.15) is 5.56 Å². The quantitative estimate of drug-likeness (QED) is 0.494. The van der Waals surface area contributed by atoms with Gasteiger partial charge in [-0.25, -0.2) is 13.2 Å². The van der Waals surface area contributed by atoms with E-state index in [-0.39, 0.29) is 12.0 Å². The summed E-state index contributed by atoms with van der Waals surface area (Å²) in [5.74, 6) is -3.32. The predicted molar refractivity (Wildman–Crippen MR) is 36.1 cm³/mol. The minimum absolute atomic E-state index is 0.262. The lowest BCUT2D eigenvalue weighted by atomic mass is 10.1. The van der Waals surface area contributed by atoms with Gasteiger partial charge in [0.1, 0.15) is 12.1 Å². The van der Waals surface area contributed by atoms with E-state index in [1.165, 1.54) is 0 Å². The van der Waals surface area contributed by atoms with Gasteiger partial charge in [-0.15, -0.1) is 0 Å². The van der Waals surface area contributed by atoms with Crippen LogP contribution in [0.3, 0.4) is 0 Å². The second-order valence-corrected chi connectivity index (χ2v) is 2.23. The van der Waals surface area contributed by atoms with Crippen LogP contribution in [-0.4, -0.2) is 6.29 Å². The summed E-state index contributed by atoms with van der Waals surface area (Å²) < 4.78 is 37.5. The van der Waals surface area contributed by atoms with Crippen molar-refractivity contribution in [3.8, 4) is 0 Å². The van der Waals surface area contributed by atoms with Gasteiger partial charge in [-0.05, 0) is 6.07 Å². The lowest BCUT2D eigenvalue weighted by molar-refractivity contribution is -0.107. The first-order valence-electron chi connectivity index (χ1n) is 3.22. The molecular weight excluding hydrogens is 169 g/mol. The van der Waals surface area contributed by atoms with Crippen molar-refractivity contribution >= 4 is 6.29 Å². The number of rotatable bonds is 2. The Morgan fingerprint density at radius 2 is 1.92 bits per heavy atom. The lowest BCUT2D eigenvalue weighted by Crippen LogP contribution is -1.96. The zero-order valence-corrected chi connectivity index (χ0v) is 5.98. The third-order valence-electron chi connectivity index (χ3n) is 1.37. The molecule has 0 saturated carbocycles. The van der Waals surface area contributed by atoms with Crippen LogP contribution in [0, 0.1) is 17.5 Å². The molecule has 0 amide bonds. The fourth-order valence-corrected chi connectivity index (χ4v) is 0.848. The van der Waals surface area contributed by atoms with Gasteiger partial charge in [0, 0.05) is 18.1 Å². The molecule has 0 spiro atoms. The summed E-state index contributed by atoms with van der Waals surface area (Å²) in [5, 5.41) is 0. The zero-order valence-electron chi connectivity index (χ0n) is 5.98. The Labute approximate surface area is 66.8 Å². The standard InChI is InChI=1S/C8H5F3O/c9-6-3-5(1-2-12)8(11)7(10)4-6/h2-4H,1H2. The zero-order chi connectivity index (χ0) is 9.14. The molecule has 0 radical (unpaired) electrons. The van der Waals surface area contributed by atoms with Crippen molar-refractivity contribution in [2.75, 3.05) is 0 Å². The monoisotopic (exact) mass is 174 g/mol. The third-order valence-corrected chi connectivity index (χ3v) is 1.37. The van der Waals surface area contributed by atoms with Crippen molar-refractivity contribution in [1.29, 1.82) is 0 Å². The maximum Gasteiger partial charge on any atom is 0.162 e. The molecule has 4 heteroatoms. The fraction of sp³-hybridized carbons (Fsp3) is 0.125. The Kier molecular flexibility index (Phi) is 2.47. The maximum atomic E-state index is 12.7. The van der Waals surface area contributed by atoms with E-state index in [2.05, 4.69) is 0 Å². The topological polar surface area (TPSA) is 17.1 Å². The van der Waals surface area contributed by atoms with Crippen LogP contribution in [0.25, 0.3) is 0 Å². The lowest BCUT2D eigenvalue weighted by Gasteiger charge is -1.99. The minimum Gasteiger partial charge on any atom is -0.303 e. The van der Waals surface area contributed by atoms with E-state index in [1.54, 1.807) is 0 Å². The summed E-state index contributed by atoms with van der Waals surface area (Å²) in [4.78, 5) is 9.94. The van der Waals surface area contributed by atoms with Crippen LogP contribution in [0.15, 0.2) is 12.1 Å². The van der Waals surface area contributed by atoms with E-state index in [0.29, 0.717) is 12.4 Å². The van der Waals surface area contributed by atoms with Gasteiger partial charge in [-0.2, -0.15) is 0 Å². The molecule has 1 aromatic rings. The number of aldehydes is 1. The molecule has 0 aliphatic rings. The molecule has 1 nitrogen and oxygen atoms in total. The van der Waals surface area contributed by atoms with Gasteiger partial charge >= 0.3 is 0 Å². The van der Waals surface area contributed by atoms with Gasteiger partial charge in [0.15, 0.2) is 11.6 Å². The summed E-state index contributed by atoms with van der Waals surface area (Å²) in [6.07, 6.45) is 0.0673. The van der Waals surface area contributed by atoms with Crippen molar-refractivity contribution in [3.63, 3.8) is 0 Å². The van der Waals surface area contributed by atoms with Crippen LogP contribution >= 0.6 is 0 Å².